The van der Waals surface area contributed by atoms with Gasteiger partial charge < -0.3 is 21.5 Å². The number of hydrogen-bond donors (Lipinski definition) is 3. The van der Waals surface area contributed by atoms with Gasteiger partial charge in [0.2, 0.25) is 0 Å². The lowest BCUT2D eigenvalue weighted by atomic mass is 9.71. The van der Waals surface area contributed by atoms with Crippen LogP contribution in [0.5, 0.6) is 0 Å². The van der Waals surface area contributed by atoms with E-state index in [4.69, 9.17) is 11.5 Å². The second kappa shape index (κ2) is 5.18. The largest absolute Gasteiger partial charge is 0.397 e. The molecule has 2 unspecified atom stereocenters. The molecule has 0 bridgehead atoms. The average Bonchev–Trinajstić information content (AvgIpc) is 2.46. The molecule has 5 N–H and O–H groups in total. The summed E-state index contributed by atoms with van der Waals surface area (Å²) in [5.41, 5.74) is 11.2. The predicted molar refractivity (Wildman–Crippen MR) is 80.9 cm³/mol. The van der Waals surface area contributed by atoms with Crippen LogP contribution in [-0.2, 0) is 0 Å². The molecular formula is C15H22N4O2. The third-order valence-corrected chi connectivity index (χ3v) is 4.94. The number of primary amides is 1. The minimum absolute atomic E-state index is 0.274. The number of hydrogen-bond acceptors (Lipinski definition) is 5. The average molecular weight is 290 g/mol. The zero-order valence-corrected chi connectivity index (χ0v) is 12.1. The summed E-state index contributed by atoms with van der Waals surface area (Å²) in [5, 5.41) is 10.7. The van der Waals surface area contributed by atoms with Gasteiger partial charge in [0.1, 0.15) is 5.82 Å². The normalized spacial score (nSPS) is 29.0. The molecule has 21 heavy (non-hydrogen) atoms. The van der Waals surface area contributed by atoms with Crippen LogP contribution in [0.2, 0.25) is 0 Å². The molecule has 1 aromatic heterocycles. The Hall–Kier alpha value is -1.82. The number of piperidine rings is 1. The molecule has 2 fully saturated rings. The molecule has 6 nitrogen and oxygen atoms in total. The fraction of sp³-hybridized carbons (Fsp3) is 0.600. The van der Waals surface area contributed by atoms with Crippen LogP contribution in [0.15, 0.2) is 12.3 Å². The third-order valence-electron chi connectivity index (χ3n) is 4.94. The van der Waals surface area contributed by atoms with E-state index in [9.17, 15) is 9.90 Å². The van der Waals surface area contributed by atoms with Crippen molar-refractivity contribution in [2.45, 2.75) is 37.7 Å². The Balaban J connectivity index is 1.82. The van der Waals surface area contributed by atoms with Crippen LogP contribution >= 0.6 is 0 Å². The molecule has 3 rings (SSSR count). The van der Waals surface area contributed by atoms with Crippen LogP contribution in [0.1, 0.15) is 42.5 Å². The fourth-order valence-corrected chi connectivity index (χ4v) is 3.62. The monoisotopic (exact) mass is 290 g/mol. The quantitative estimate of drug-likeness (QED) is 0.750. The highest BCUT2D eigenvalue weighted by atomic mass is 16.3. The zero-order chi connectivity index (χ0) is 15.0. The van der Waals surface area contributed by atoms with Crippen molar-refractivity contribution in [3.05, 3.63) is 17.8 Å². The van der Waals surface area contributed by atoms with Gasteiger partial charge in [-0.3, -0.25) is 4.79 Å². The summed E-state index contributed by atoms with van der Waals surface area (Å²) in [7, 11) is 0. The zero-order valence-electron chi connectivity index (χ0n) is 12.1. The van der Waals surface area contributed by atoms with Gasteiger partial charge in [-0.05, 0) is 25.3 Å². The summed E-state index contributed by atoms with van der Waals surface area (Å²) in [4.78, 5) is 17.8. The maximum absolute atomic E-state index is 11.4. The minimum atomic E-state index is -0.540. The molecule has 2 atom stereocenters. The van der Waals surface area contributed by atoms with Crippen molar-refractivity contribution in [1.82, 2.24) is 4.98 Å². The molecule has 1 saturated heterocycles. The SMILES string of the molecule is NC(=O)c1cc(N2CCC3(O)CCCCC3C2)ncc1N. The van der Waals surface area contributed by atoms with Gasteiger partial charge in [-0.1, -0.05) is 12.8 Å². The number of aromatic nitrogens is 1. The van der Waals surface area contributed by atoms with E-state index in [2.05, 4.69) is 9.88 Å². The highest BCUT2D eigenvalue weighted by Crippen LogP contribution is 2.40. The second-order valence-corrected chi connectivity index (χ2v) is 6.24. The van der Waals surface area contributed by atoms with E-state index >= 15 is 0 Å². The van der Waals surface area contributed by atoms with Crippen molar-refractivity contribution in [3.8, 4) is 0 Å². The summed E-state index contributed by atoms with van der Waals surface area (Å²) in [6.45, 7) is 1.51. The molecule has 1 aromatic rings. The highest BCUT2D eigenvalue weighted by molar-refractivity contribution is 5.98. The van der Waals surface area contributed by atoms with E-state index in [1.807, 2.05) is 0 Å². The van der Waals surface area contributed by atoms with Crippen molar-refractivity contribution in [3.63, 3.8) is 0 Å². The molecular weight excluding hydrogens is 268 g/mol. The number of pyridine rings is 1. The van der Waals surface area contributed by atoms with Gasteiger partial charge in [-0.15, -0.1) is 0 Å². The molecule has 1 saturated carbocycles. The van der Waals surface area contributed by atoms with Gasteiger partial charge in [-0.25, -0.2) is 4.98 Å². The van der Waals surface area contributed by atoms with E-state index in [1.165, 1.54) is 12.6 Å². The first-order valence-electron chi connectivity index (χ1n) is 7.52. The number of carbonyl (C=O) groups excluding carboxylic acids is 1. The second-order valence-electron chi connectivity index (χ2n) is 6.24. The first-order valence-corrected chi connectivity index (χ1v) is 7.52. The lowest BCUT2D eigenvalue weighted by Gasteiger charge is -2.47. The molecule has 1 aliphatic heterocycles. The molecule has 0 radical (unpaired) electrons. The van der Waals surface area contributed by atoms with Crippen LogP contribution in [0, 0.1) is 5.92 Å². The lowest BCUT2D eigenvalue weighted by Crippen LogP contribution is -2.53. The minimum Gasteiger partial charge on any atom is -0.397 e. The number of anilines is 2. The molecule has 2 heterocycles. The van der Waals surface area contributed by atoms with E-state index in [0.717, 1.165) is 38.8 Å². The number of fused-ring (bicyclic) bond motifs is 1. The van der Waals surface area contributed by atoms with Crippen molar-refractivity contribution < 1.29 is 9.90 Å². The van der Waals surface area contributed by atoms with Crippen LogP contribution in [0.3, 0.4) is 0 Å². The maximum atomic E-state index is 11.4. The Morgan fingerprint density at radius 1 is 1.43 bits per heavy atom. The molecule has 1 amide bonds. The number of aliphatic hydroxyl groups is 1. The predicted octanol–water partition coefficient (Wildman–Crippen LogP) is 0.894. The van der Waals surface area contributed by atoms with Crippen molar-refractivity contribution in [2.24, 2.45) is 11.7 Å². The number of carbonyl (C=O) groups is 1. The van der Waals surface area contributed by atoms with Crippen molar-refractivity contribution in [1.29, 1.82) is 0 Å². The van der Waals surface area contributed by atoms with Crippen molar-refractivity contribution in [2.75, 3.05) is 23.7 Å². The van der Waals surface area contributed by atoms with Gasteiger partial charge in [0.15, 0.2) is 0 Å². The Morgan fingerprint density at radius 3 is 3.00 bits per heavy atom. The first kappa shape index (κ1) is 14.1. The van der Waals surface area contributed by atoms with E-state index in [-0.39, 0.29) is 5.92 Å². The van der Waals surface area contributed by atoms with Crippen molar-refractivity contribution >= 4 is 17.4 Å². The number of amides is 1. The smallest absolute Gasteiger partial charge is 0.250 e. The summed E-state index contributed by atoms with van der Waals surface area (Å²) >= 11 is 0. The Morgan fingerprint density at radius 2 is 2.24 bits per heavy atom. The highest BCUT2D eigenvalue weighted by Gasteiger charge is 2.43. The molecule has 2 aliphatic rings. The summed E-state index contributed by atoms with van der Waals surface area (Å²) in [6, 6.07) is 1.66. The van der Waals surface area contributed by atoms with Crippen LogP contribution in [-0.4, -0.2) is 34.7 Å². The van der Waals surface area contributed by atoms with E-state index in [1.54, 1.807) is 6.07 Å². The number of nitrogens with zero attached hydrogens (tertiary/aromatic N) is 2. The number of nitrogen functional groups attached to an aromatic ring is 1. The summed E-state index contributed by atoms with van der Waals surface area (Å²) < 4.78 is 0. The number of nitrogens with two attached hydrogens (primary N) is 2. The Kier molecular flexibility index (Phi) is 3.49. The topological polar surface area (TPSA) is 105 Å². The van der Waals surface area contributed by atoms with Gasteiger partial charge >= 0.3 is 0 Å². The lowest BCUT2D eigenvalue weighted by molar-refractivity contribution is -0.0613. The molecule has 0 spiro atoms. The third kappa shape index (κ3) is 2.55. The summed E-state index contributed by atoms with van der Waals surface area (Å²) in [5.74, 6) is 0.448. The van der Waals surface area contributed by atoms with E-state index in [0.29, 0.717) is 17.1 Å². The standard InChI is InChI=1S/C15H22N4O2/c16-12-8-18-13(7-11(12)14(17)20)19-6-5-15(21)4-2-1-3-10(15)9-19/h7-8,10,21H,1-6,9,16H2,(H2,17,20). The van der Waals surface area contributed by atoms with Gasteiger partial charge in [0.05, 0.1) is 23.0 Å². The van der Waals surface area contributed by atoms with Gasteiger partial charge in [-0.2, -0.15) is 0 Å². The van der Waals surface area contributed by atoms with E-state index < -0.39 is 11.5 Å². The molecule has 114 valence electrons. The van der Waals surface area contributed by atoms with Crippen LogP contribution < -0.4 is 16.4 Å². The Bertz CT molecular complexity index is 563. The van der Waals surface area contributed by atoms with Gasteiger partial charge in [0, 0.05) is 19.0 Å². The first-order chi connectivity index (χ1) is 9.99. The maximum Gasteiger partial charge on any atom is 0.250 e. The molecule has 0 aromatic carbocycles. The molecule has 6 heteroatoms. The number of rotatable bonds is 2. The fourth-order valence-electron chi connectivity index (χ4n) is 3.62. The molecule has 1 aliphatic carbocycles. The summed E-state index contributed by atoms with van der Waals surface area (Å²) in [6.07, 6.45) is 6.45. The Labute approximate surface area is 124 Å². The van der Waals surface area contributed by atoms with Crippen LogP contribution in [0.4, 0.5) is 11.5 Å². The van der Waals surface area contributed by atoms with Crippen LogP contribution in [0.25, 0.3) is 0 Å². The van der Waals surface area contributed by atoms with Gasteiger partial charge in [0.25, 0.3) is 5.91 Å².